The van der Waals surface area contributed by atoms with Gasteiger partial charge in [-0.1, -0.05) is 17.7 Å². The number of piperazine rings is 1. The van der Waals surface area contributed by atoms with E-state index in [0.717, 1.165) is 46.6 Å². The van der Waals surface area contributed by atoms with Gasteiger partial charge >= 0.3 is 17.8 Å². The molecule has 4 amide bonds. The monoisotopic (exact) mass is 365 g/mol. The average Bonchev–Trinajstić information content (AvgIpc) is 2.79. The first-order valence-electron chi connectivity index (χ1n) is 8.41. The van der Waals surface area contributed by atoms with Crippen LogP contribution in [0.2, 0.25) is 5.02 Å². The summed E-state index contributed by atoms with van der Waals surface area (Å²) in [6, 6.07) is 6.89. The molecular weight excluding hydrogens is 344 g/mol. The van der Waals surface area contributed by atoms with Crippen LogP contribution >= 0.6 is 11.6 Å². The number of urea groups is 1. The molecule has 0 saturated carbocycles. The van der Waals surface area contributed by atoms with Gasteiger partial charge in [0.25, 0.3) is 0 Å². The predicted molar refractivity (Wildman–Crippen MR) is 93.5 cm³/mol. The summed E-state index contributed by atoms with van der Waals surface area (Å²) in [5.41, 5.74) is 1.07. The van der Waals surface area contributed by atoms with Gasteiger partial charge in [0.15, 0.2) is 6.67 Å². The first-order chi connectivity index (χ1) is 11.9. The van der Waals surface area contributed by atoms with Gasteiger partial charge in [-0.05, 0) is 32.0 Å². The van der Waals surface area contributed by atoms with Gasteiger partial charge in [-0.3, -0.25) is 14.5 Å². The van der Waals surface area contributed by atoms with E-state index in [2.05, 4.69) is 4.90 Å². The number of hydrogen-bond acceptors (Lipinski definition) is 4. The number of nitrogens with zero attached hydrogens (tertiary/aromatic N) is 3. The Morgan fingerprint density at radius 2 is 1.80 bits per heavy atom. The van der Waals surface area contributed by atoms with Crippen molar-refractivity contribution in [1.29, 1.82) is 0 Å². The van der Waals surface area contributed by atoms with E-state index in [9.17, 15) is 14.4 Å². The molecule has 1 aromatic carbocycles. The quantitative estimate of drug-likeness (QED) is 0.611. The molecule has 7 nitrogen and oxygen atoms in total. The number of benzene rings is 1. The molecule has 0 bridgehead atoms. The van der Waals surface area contributed by atoms with Crippen LogP contribution in [0.1, 0.15) is 13.8 Å². The minimum Gasteiger partial charge on any atom is -0.360 e. The summed E-state index contributed by atoms with van der Waals surface area (Å²) in [5, 5.41) is 0.702. The third kappa shape index (κ3) is 3.48. The molecule has 0 aromatic heterocycles. The van der Waals surface area contributed by atoms with Crippen LogP contribution in [0, 0.1) is 0 Å². The molecule has 0 radical (unpaired) electrons. The van der Waals surface area contributed by atoms with Crippen LogP contribution in [0.15, 0.2) is 24.3 Å². The standard InChI is InChI=1S/C17H21ClN4O3/c1-12(2)22-16(24)15(23)21(17(22)25)11-19-6-8-20(9-7-19)14-5-3-4-13(18)10-14/h3-5,10,12H,6-9,11H2,1-2H3/p+1. The topological polar surface area (TPSA) is 65.4 Å². The summed E-state index contributed by atoms with van der Waals surface area (Å²) in [7, 11) is 0. The zero-order valence-corrected chi connectivity index (χ0v) is 15.1. The third-order valence-corrected chi connectivity index (χ3v) is 4.86. The van der Waals surface area contributed by atoms with E-state index in [-0.39, 0.29) is 12.7 Å². The number of quaternary nitrogens is 1. The number of anilines is 1. The lowest BCUT2D eigenvalue weighted by atomic mass is 10.2. The van der Waals surface area contributed by atoms with E-state index in [1.165, 1.54) is 0 Å². The van der Waals surface area contributed by atoms with Crippen molar-refractivity contribution in [3.05, 3.63) is 29.3 Å². The van der Waals surface area contributed by atoms with Gasteiger partial charge in [0.05, 0.1) is 26.2 Å². The summed E-state index contributed by atoms with van der Waals surface area (Å²) in [6.07, 6.45) is 0. The van der Waals surface area contributed by atoms with E-state index in [1.54, 1.807) is 13.8 Å². The number of imide groups is 2. The van der Waals surface area contributed by atoms with Crippen LogP contribution in [0.5, 0.6) is 0 Å². The Morgan fingerprint density at radius 3 is 2.36 bits per heavy atom. The summed E-state index contributed by atoms with van der Waals surface area (Å²) in [6.45, 7) is 6.84. The van der Waals surface area contributed by atoms with E-state index >= 15 is 0 Å². The zero-order chi connectivity index (χ0) is 18.1. The van der Waals surface area contributed by atoms with Crippen LogP contribution in [0.4, 0.5) is 10.5 Å². The Balaban J connectivity index is 1.60. The van der Waals surface area contributed by atoms with Gasteiger partial charge < -0.3 is 9.80 Å². The average molecular weight is 366 g/mol. The SMILES string of the molecule is CC(C)N1C(=O)C(=O)N(C[NH+]2CCN(c3cccc(Cl)c3)CC2)C1=O. The third-order valence-electron chi connectivity index (χ3n) is 4.63. The molecule has 2 aliphatic heterocycles. The van der Waals surface area contributed by atoms with Crippen molar-refractivity contribution in [1.82, 2.24) is 9.80 Å². The highest BCUT2D eigenvalue weighted by atomic mass is 35.5. The number of halogens is 1. The second-order valence-corrected chi connectivity index (χ2v) is 7.10. The normalized spacial score (nSPS) is 19.5. The first-order valence-corrected chi connectivity index (χ1v) is 8.79. The van der Waals surface area contributed by atoms with Crippen LogP contribution in [0.3, 0.4) is 0 Å². The number of rotatable bonds is 4. The minimum atomic E-state index is -0.725. The Bertz CT molecular complexity index is 701. The Morgan fingerprint density at radius 1 is 1.12 bits per heavy atom. The summed E-state index contributed by atoms with van der Waals surface area (Å²) < 4.78 is 0. The summed E-state index contributed by atoms with van der Waals surface area (Å²) >= 11 is 6.04. The minimum absolute atomic E-state index is 0.232. The molecule has 1 aromatic rings. The van der Waals surface area contributed by atoms with Gasteiger partial charge in [0.1, 0.15) is 0 Å². The Kier molecular flexibility index (Phi) is 4.96. The highest BCUT2D eigenvalue weighted by Crippen LogP contribution is 2.19. The predicted octanol–water partition coefficient (Wildman–Crippen LogP) is 0.202. The number of nitrogens with one attached hydrogen (secondary N) is 1. The molecule has 0 unspecified atom stereocenters. The molecule has 2 aliphatic rings. The summed E-state index contributed by atoms with van der Waals surface area (Å²) in [5.74, 6) is -1.44. The van der Waals surface area contributed by atoms with Gasteiger partial charge in [-0.25, -0.2) is 9.69 Å². The Hall–Kier alpha value is -2.12. The maximum absolute atomic E-state index is 12.3. The lowest BCUT2D eigenvalue weighted by Gasteiger charge is -2.34. The van der Waals surface area contributed by atoms with Crippen LogP contribution in [-0.4, -0.2) is 66.5 Å². The van der Waals surface area contributed by atoms with Crippen molar-refractivity contribution >= 4 is 35.1 Å². The van der Waals surface area contributed by atoms with E-state index in [4.69, 9.17) is 11.6 Å². The second-order valence-electron chi connectivity index (χ2n) is 6.66. The van der Waals surface area contributed by atoms with Crippen molar-refractivity contribution in [3.8, 4) is 0 Å². The molecule has 2 saturated heterocycles. The smallest absolute Gasteiger partial charge is 0.338 e. The molecular formula is C17H22ClN4O3+. The molecule has 134 valence electrons. The highest BCUT2D eigenvalue weighted by Gasteiger charge is 2.47. The Labute approximate surface area is 151 Å². The maximum atomic E-state index is 12.3. The second kappa shape index (κ2) is 7.01. The van der Waals surface area contributed by atoms with E-state index in [0.29, 0.717) is 5.02 Å². The zero-order valence-electron chi connectivity index (χ0n) is 14.4. The molecule has 3 rings (SSSR count). The van der Waals surface area contributed by atoms with E-state index < -0.39 is 17.8 Å². The van der Waals surface area contributed by atoms with Crippen molar-refractivity contribution in [2.24, 2.45) is 0 Å². The van der Waals surface area contributed by atoms with Crippen molar-refractivity contribution < 1.29 is 19.3 Å². The number of carbonyl (C=O) groups excluding carboxylic acids is 3. The van der Waals surface area contributed by atoms with Gasteiger partial charge in [-0.15, -0.1) is 0 Å². The molecule has 8 heteroatoms. The lowest BCUT2D eigenvalue weighted by Crippen LogP contribution is -3.16. The fourth-order valence-corrected chi connectivity index (χ4v) is 3.44. The summed E-state index contributed by atoms with van der Waals surface area (Å²) in [4.78, 5) is 41.8. The van der Waals surface area contributed by atoms with Gasteiger partial charge in [-0.2, -0.15) is 0 Å². The van der Waals surface area contributed by atoms with Gasteiger partial charge in [0, 0.05) is 16.8 Å². The molecule has 2 heterocycles. The van der Waals surface area contributed by atoms with Crippen LogP contribution < -0.4 is 9.80 Å². The molecule has 0 spiro atoms. The van der Waals surface area contributed by atoms with Crippen molar-refractivity contribution in [2.75, 3.05) is 37.7 Å². The fourth-order valence-electron chi connectivity index (χ4n) is 3.25. The fraction of sp³-hybridized carbons (Fsp3) is 0.471. The van der Waals surface area contributed by atoms with Gasteiger partial charge in [0.2, 0.25) is 0 Å². The van der Waals surface area contributed by atoms with E-state index in [1.807, 2.05) is 24.3 Å². The molecule has 1 N–H and O–H groups in total. The van der Waals surface area contributed by atoms with Crippen LogP contribution in [-0.2, 0) is 9.59 Å². The van der Waals surface area contributed by atoms with Crippen molar-refractivity contribution in [2.45, 2.75) is 19.9 Å². The van der Waals surface area contributed by atoms with Crippen LogP contribution in [0.25, 0.3) is 0 Å². The number of amides is 4. The molecule has 2 fully saturated rings. The lowest BCUT2D eigenvalue weighted by molar-refractivity contribution is -0.907. The number of carbonyl (C=O) groups is 3. The maximum Gasteiger partial charge on any atom is 0.338 e. The number of hydrogen-bond donors (Lipinski definition) is 1. The largest absolute Gasteiger partial charge is 0.360 e. The molecule has 0 aliphatic carbocycles. The van der Waals surface area contributed by atoms with Crippen molar-refractivity contribution in [3.63, 3.8) is 0 Å². The highest BCUT2D eigenvalue weighted by molar-refractivity contribution is 6.44. The first kappa shape index (κ1) is 17.7. The molecule has 25 heavy (non-hydrogen) atoms. The molecule has 0 atom stereocenters.